The van der Waals surface area contributed by atoms with Gasteiger partial charge in [-0.2, -0.15) is 5.10 Å². The van der Waals surface area contributed by atoms with E-state index in [1.165, 1.54) is 15.8 Å². The Balaban J connectivity index is 1.44. The Labute approximate surface area is 177 Å². The van der Waals surface area contributed by atoms with Crippen LogP contribution in [0.5, 0.6) is 0 Å². The zero-order valence-electron chi connectivity index (χ0n) is 17.8. The third kappa shape index (κ3) is 4.16. The van der Waals surface area contributed by atoms with Crippen LogP contribution in [0.25, 0.3) is 10.8 Å². The van der Waals surface area contributed by atoms with Crippen LogP contribution in [0.4, 0.5) is 0 Å². The first-order chi connectivity index (χ1) is 14.6. The Kier molecular flexibility index (Phi) is 5.98. The number of piperidine rings is 1. The van der Waals surface area contributed by atoms with Crippen LogP contribution >= 0.6 is 0 Å². The summed E-state index contributed by atoms with van der Waals surface area (Å²) < 4.78 is 1.39. The van der Waals surface area contributed by atoms with Crippen molar-refractivity contribution < 1.29 is 4.79 Å². The molecule has 0 bridgehead atoms. The maximum absolute atomic E-state index is 13.3. The van der Waals surface area contributed by atoms with Gasteiger partial charge in [-0.15, -0.1) is 0 Å². The van der Waals surface area contributed by atoms with Gasteiger partial charge in [0.05, 0.1) is 5.39 Å². The van der Waals surface area contributed by atoms with Crippen molar-refractivity contribution in [2.75, 3.05) is 13.1 Å². The lowest BCUT2D eigenvalue weighted by atomic mass is 9.90. The minimum atomic E-state index is -0.139. The molecule has 0 radical (unpaired) electrons. The molecule has 1 saturated heterocycles. The second-order valence-corrected chi connectivity index (χ2v) is 8.27. The third-order valence-electron chi connectivity index (χ3n) is 6.23. The molecule has 2 aromatic carbocycles. The van der Waals surface area contributed by atoms with E-state index in [-0.39, 0.29) is 11.5 Å². The highest BCUT2D eigenvalue weighted by Gasteiger charge is 2.26. The van der Waals surface area contributed by atoms with Gasteiger partial charge in [-0.3, -0.25) is 9.59 Å². The molecule has 1 aliphatic rings. The van der Waals surface area contributed by atoms with Crippen molar-refractivity contribution in [1.29, 1.82) is 0 Å². The summed E-state index contributed by atoms with van der Waals surface area (Å²) in [4.78, 5) is 27.7. The maximum atomic E-state index is 13.3. The van der Waals surface area contributed by atoms with Crippen LogP contribution in [0.2, 0.25) is 0 Å². The van der Waals surface area contributed by atoms with Gasteiger partial charge in [0.15, 0.2) is 5.69 Å². The van der Waals surface area contributed by atoms with Gasteiger partial charge in [-0.1, -0.05) is 48.0 Å². The molecular formula is C25H29N3O2. The monoisotopic (exact) mass is 403 g/mol. The van der Waals surface area contributed by atoms with E-state index >= 15 is 0 Å². The van der Waals surface area contributed by atoms with Crippen molar-refractivity contribution in [2.24, 2.45) is 5.92 Å². The molecule has 0 aliphatic carbocycles. The average molecular weight is 404 g/mol. The maximum Gasteiger partial charge on any atom is 0.274 e. The fraction of sp³-hybridized carbons (Fsp3) is 0.400. The summed E-state index contributed by atoms with van der Waals surface area (Å²) in [6.07, 6.45) is 4.28. The van der Waals surface area contributed by atoms with Crippen LogP contribution in [0.15, 0.2) is 53.3 Å². The van der Waals surface area contributed by atoms with Crippen LogP contribution in [0.3, 0.4) is 0 Å². The van der Waals surface area contributed by atoms with Crippen LogP contribution < -0.4 is 5.56 Å². The van der Waals surface area contributed by atoms with Gasteiger partial charge in [0.25, 0.3) is 11.5 Å². The molecule has 4 rings (SSSR count). The standard InChI is InChI=1S/C25H29N3O2/c1-3-28-24(29)22-7-5-4-6-21(22)23(26-28)25(30)27-16-14-20(15-17-27)13-12-19-10-8-18(2)9-11-19/h4-11,20H,3,12-17H2,1-2H3. The fourth-order valence-electron chi connectivity index (χ4n) is 4.31. The van der Waals surface area contributed by atoms with Crippen molar-refractivity contribution in [2.45, 2.75) is 46.1 Å². The van der Waals surface area contributed by atoms with E-state index in [2.05, 4.69) is 36.3 Å². The fourth-order valence-corrected chi connectivity index (χ4v) is 4.31. The Morgan fingerprint density at radius 2 is 1.70 bits per heavy atom. The summed E-state index contributed by atoms with van der Waals surface area (Å²) in [7, 11) is 0. The number of nitrogens with zero attached hydrogens (tertiary/aromatic N) is 3. The lowest BCUT2D eigenvalue weighted by molar-refractivity contribution is 0.0680. The molecule has 1 aromatic heterocycles. The Hall–Kier alpha value is -2.95. The highest BCUT2D eigenvalue weighted by atomic mass is 16.2. The number of hydrogen-bond acceptors (Lipinski definition) is 3. The molecule has 5 heteroatoms. The van der Waals surface area contributed by atoms with E-state index in [4.69, 9.17) is 0 Å². The number of likely N-dealkylation sites (tertiary alicyclic amines) is 1. The zero-order chi connectivity index (χ0) is 21.1. The molecule has 2 heterocycles. The molecular weight excluding hydrogens is 374 g/mol. The SMILES string of the molecule is CCn1nc(C(=O)N2CCC(CCc3ccc(C)cc3)CC2)c2ccccc2c1=O. The van der Waals surface area contributed by atoms with E-state index in [9.17, 15) is 9.59 Å². The summed E-state index contributed by atoms with van der Waals surface area (Å²) in [5, 5.41) is 5.62. The molecule has 30 heavy (non-hydrogen) atoms. The summed E-state index contributed by atoms with van der Waals surface area (Å²) >= 11 is 0. The molecule has 0 unspecified atom stereocenters. The second kappa shape index (κ2) is 8.82. The lowest BCUT2D eigenvalue weighted by Gasteiger charge is -2.32. The normalized spacial score (nSPS) is 14.9. The number of carbonyl (C=O) groups excluding carboxylic acids is 1. The van der Waals surface area contributed by atoms with Crippen LogP contribution in [-0.4, -0.2) is 33.7 Å². The molecule has 0 saturated carbocycles. The predicted molar refractivity (Wildman–Crippen MR) is 120 cm³/mol. The Bertz CT molecular complexity index is 1090. The zero-order valence-corrected chi connectivity index (χ0v) is 17.8. The van der Waals surface area contributed by atoms with Crippen molar-refractivity contribution >= 4 is 16.7 Å². The highest BCUT2D eigenvalue weighted by Crippen LogP contribution is 2.24. The minimum Gasteiger partial charge on any atom is -0.337 e. The lowest BCUT2D eigenvalue weighted by Crippen LogP contribution is -2.40. The van der Waals surface area contributed by atoms with E-state index < -0.39 is 0 Å². The number of benzene rings is 2. The Morgan fingerprint density at radius 3 is 2.37 bits per heavy atom. The number of hydrogen-bond donors (Lipinski definition) is 0. The number of amides is 1. The number of rotatable bonds is 5. The molecule has 1 amide bonds. The van der Waals surface area contributed by atoms with Gasteiger partial charge in [0, 0.05) is 25.0 Å². The van der Waals surface area contributed by atoms with E-state index in [0.29, 0.717) is 28.9 Å². The summed E-state index contributed by atoms with van der Waals surface area (Å²) in [6, 6.07) is 16.1. The highest BCUT2D eigenvalue weighted by molar-refractivity contribution is 6.04. The number of carbonyl (C=O) groups is 1. The van der Waals surface area contributed by atoms with Crippen LogP contribution in [-0.2, 0) is 13.0 Å². The predicted octanol–water partition coefficient (Wildman–Crippen LogP) is 4.21. The van der Waals surface area contributed by atoms with Crippen molar-refractivity contribution in [3.63, 3.8) is 0 Å². The Morgan fingerprint density at radius 1 is 1.03 bits per heavy atom. The van der Waals surface area contributed by atoms with Gasteiger partial charge in [0.2, 0.25) is 0 Å². The van der Waals surface area contributed by atoms with Crippen LogP contribution in [0.1, 0.15) is 47.8 Å². The van der Waals surface area contributed by atoms with Crippen molar-refractivity contribution in [1.82, 2.24) is 14.7 Å². The van der Waals surface area contributed by atoms with Crippen molar-refractivity contribution in [3.05, 3.63) is 75.7 Å². The number of fused-ring (bicyclic) bond motifs is 1. The van der Waals surface area contributed by atoms with Gasteiger partial charge < -0.3 is 4.90 Å². The first kappa shape index (κ1) is 20.3. The van der Waals surface area contributed by atoms with Crippen LogP contribution in [0, 0.1) is 12.8 Å². The van der Waals surface area contributed by atoms with Gasteiger partial charge >= 0.3 is 0 Å². The largest absolute Gasteiger partial charge is 0.337 e. The quantitative estimate of drug-likeness (QED) is 0.641. The molecule has 0 atom stereocenters. The topological polar surface area (TPSA) is 55.2 Å². The second-order valence-electron chi connectivity index (χ2n) is 8.27. The van der Waals surface area contributed by atoms with Gasteiger partial charge in [0.1, 0.15) is 0 Å². The molecule has 3 aromatic rings. The minimum absolute atomic E-state index is 0.0645. The van der Waals surface area contributed by atoms with E-state index in [0.717, 1.165) is 38.8 Å². The van der Waals surface area contributed by atoms with Gasteiger partial charge in [-0.05, 0) is 57.1 Å². The first-order valence-corrected chi connectivity index (χ1v) is 10.9. The molecule has 1 aliphatic heterocycles. The van der Waals surface area contributed by atoms with E-state index in [1.54, 1.807) is 6.07 Å². The smallest absolute Gasteiger partial charge is 0.274 e. The summed E-state index contributed by atoms with van der Waals surface area (Å²) in [6.45, 7) is 5.93. The van der Waals surface area contributed by atoms with Crippen molar-refractivity contribution in [3.8, 4) is 0 Å². The summed E-state index contributed by atoms with van der Waals surface area (Å²) in [5.41, 5.74) is 2.93. The van der Waals surface area contributed by atoms with E-state index in [1.807, 2.05) is 30.0 Å². The summed E-state index contributed by atoms with van der Waals surface area (Å²) in [5.74, 6) is 0.579. The van der Waals surface area contributed by atoms with Gasteiger partial charge in [-0.25, -0.2) is 4.68 Å². The average Bonchev–Trinajstić information content (AvgIpc) is 2.79. The number of aryl methyl sites for hydroxylation is 3. The number of aromatic nitrogens is 2. The molecule has 156 valence electrons. The first-order valence-electron chi connectivity index (χ1n) is 10.9. The third-order valence-corrected chi connectivity index (χ3v) is 6.23. The molecule has 0 N–H and O–H groups in total. The molecule has 0 spiro atoms. The molecule has 1 fully saturated rings. The molecule has 5 nitrogen and oxygen atoms in total.